The number of rotatable bonds is 2. The zero-order chi connectivity index (χ0) is 12.6. The Morgan fingerprint density at radius 3 is 2.76 bits per heavy atom. The number of alkyl halides is 1. The van der Waals surface area contributed by atoms with Gasteiger partial charge in [-0.1, -0.05) is 15.9 Å². The molecule has 1 fully saturated rings. The highest BCUT2D eigenvalue weighted by Gasteiger charge is 2.30. The summed E-state index contributed by atoms with van der Waals surface area (Å²) >= 11 is 3.31. The predicted octanol–water partition coefficient (Wildman–Crippen LogP) is 2.23. The molecule has 17 heavy (non-hydrogen) atoms. The summed E-state index contributed by atoms with van der Waals surface area (Å²) in [5.74, 6) is -1.03. The molecule has 0 aromatic heterocycles. The van der Waals surface area contributed by atoms with Gasteiger partial charge in [-0.05, 0) is 12.1 Å². The molecule has 1 unspecified atom stereocenters. The molecule has 1 heterocycles. The fourth-order valence-corrected chi connectivity index (χ4v) is 2.29. The molecule has 5 nitrogen and oxygen atoms in total. The Morgan fingerprint density at radius 2 is 2.24 bits per heavy atom. The molecule has 0 saturated carbocycles. The minimum Gasteiger partial charge on any atom is -0.311 e. The number of nitro groups is 1. The molecular weight excluding hydrogens is 295 g/mol. The van der Waals surface area contributed by atoms with Crippen molar-refractivity contribution in [1.82, 2.24) is 0 Å². The number of nitrogens with zero attached hydrogens (tertiary/aromatic N) is 2. The normalized spacial score (nSPS) is 19.8. The molecule has 1 aliphatic rings. The van der Waals surface area contributed by atoms with Gasteiger partial charge >= 0.3 is 5.69 Å². The summed E-state index contributed by atoms with van der Waals surface area (Å²) in [5, 5.41) is 10.6. The Balaban J connectivity index is 2.37. The first-order valence-corrected chi connectivity index (χ1v) is 5.79. The number of halogens is 2. The monoisotopic (exact) mass is 302 g/mol. The van der Waals surface area contributed by atoms with E-state index in [1.807, 2.05) is 0 Å². The van der Waals surface area contributed by atoms with E-state index < -0.39 is 16.4 Å². The van der Waals surface area contributed by atoms with E-state index in [0.717, 1.165) is 12.1 Å². The Kier molecular flexibility index (Phi) is 3.10. The predicted molar refractivity (Wildman–Crippen MR) is 62.7 cm³/mol. The lowest BCUT2D eigenvalue weighted by Crippen LogP contribution is -2.24. The maximum atomic E-state index is 13.1. The largest absolute Gasteiger partial charge is 0.311 e. The fraction of sp³-hybridized carbons (Fsp3) is 0.300. The highest BCUT2D eigenvalue weighted by Crippen LogP contribution is 2.29. The average Bonchev–Trinajstić information content (AvgIpc) is 2.58. The lowest BCUT2D eigenvalue weighted by atomic mass is 10.2. The first-order chi connectivity index (χ1) is 7.99. The van der Waals surface area contributed by atoms with Crippen molar-refractivity contribution in [2.45, 2.75) is 11.2 Å². The Labute approximate surface area is 104 Å². The molecule has 7 heteroatoms. The number of amides is 1. The lowest BCUT2D eigenvalue weighted by molar-refractivity contribution is -0.387. The third-order valence-corrected chi connectivity index (χ3v) is 3.13. The smallest absolute Gasteiger partial charge is 0.306 e. The van der Waals surface area contributed by atoms with Crippen LogP contribution in [0.3, 0.4) is 0 Å². The van der Waals surface area contributed by atoms with Gasteiger partial charge in [-0.15, -0.1) is 0 Å². The van der Waals surface area contributed by atoms with Crippen LogP contribution in [0.25, 0.3) is 0 Å². The number of carbonyl (C=O) groups excluding carboxylic acids is 1. The van der Waals surface area contributed by atoms with Crippen LogP contribution in [-0.2, 0) is 4.79 Å². The third-order valence-electron chi connectivity index (χ3n) is 2.52. The topological polar surface area (TPSA) is 63.5 Å². The zero-order valence-corrected chi connectivity index (χ0v) is 10.2. The number of hydrogen-bond acceptors (Lipinski definition) is 3. The molecule has 90 valence electrons. The van der Waals surface area contributed by atoms with Crippen molar-refractivity contribution in [2.75, 3.05) is 11.4 Å². The maximum absolute atomic E-state index is 13.1. The quantitative estimate of drug-likeness (QED) is 0.478. The van der Waals surface area contributed by atoms with Crippen LogP contribution >= 0.6 is 15.9 Å². The SMILES string of the molecule is O=C1CC(Br)CN1c1ccc(F)c([N+](=O)[O-])c1. The summed E-state index contributed by atoms with van der Waals surface area (Å²) in [4.78, 5) is 22.8. The van der Waals surface area contributed by atoms with Crippen molar-refractivity contribution in [2.24, 2.45) is 0 Å². The van der Waals surface area contributed by atoms with E-state index in [1.54, 1.807) is 0 Å². The Morgan fingerprint density at radius 1 is 1.53 bits per heavy atom. The minimum atomic E-state index is -0.902. The molecule has 1 aromatic rings. The van der Waals surface area contributed by atoms with Crippen LogP contribution in [0.2, 0.25) is 0 Å². The average molecular weight is 303 g/mol. The van der Waals surface area contributed by atoms with E-state index >= 15 is 0 Å². The van der Waals surface area contributed by atoms with E-state index in [-0.39, 0.29) is 10.7 Å². The van der Waals surface area contributed by atoms with Crippen LogP contribution in [0.1, 0.15) is 6.42 Å². The number of hydrogen-bond donors (Lipinski definition) is 0. The molecule has 0 aliphatic carbocycles. The van der Waals surface area contributed by atoms with Crippen molar-refractivity contribution in [1.29, 1.82) is 0 Å². The van der Waals surface area contributed by atoms with Crippen molar-refractivity contribution in [3.05, 3.63) is 34.1 Å². The molecule has 0 bridgehead atoms. The molecule has 1 amide bonds. The summed E-state index contributed by atoms with van der Waals surface area (Å²) < 4.78 is 13.1. The van der Waals surface area contributed by atoms with Crippen LogP contribution in [0.5, 0.6) is 0 Å². The van der Waals surface area contributed by atoms with Gasteiger partial charge in [0.25, 0.3) is 0 Å². The van der Waals surface area contributed by atoms with Crippen molar-refractivity contribution >= 4 is 33.2 Å². The van der Waals surface area contributed by atoms with Crippen LogP contribution in [0.4, 0.5) is 15.8 Å². The first kappa shape index (κ1) is 12.0. The summed E-state index contributed by atoms with van der Waals surface area (Å²) in [6, 6.07) is 3.45. The van der Waals surface area contributed by atoms with Crippen LogP contribution in [0.15, 0.2) is 18.2 Å². The number of anilines is 1. The van der Waals surface area contributed by atoms with Crippen LogP contribution in [0, 0.1) is 15.9 Å². The maximum Gasteiger partial charge on any atom is 0.306 e. The third kappa shape index (κ3) is 2.28. The number of benzene rings is 1. The van der Waals surface area contributed by atoms with E-state index in [9.17, 15) is 19.3 Å². The van der Waals surface area contributed by atoms with Gasteiger partial charge in [-0.3, -0.25) is 14.9 Å². The Bertz CT molecular complexity index is 494. The second-order valence-electron chi connectivity index (χ2n) is 3.70. The summed E-state index contributed by atoms with van der Waals surface area (Å²) in [6.45, 7) is 0.432. The van der Waals surface area contributed by atoms with Gasteiger partial charge in [0.2, 0.25) is 11.7 Å². The van der Waals surface area contributed by atoms with Gasteiger partial charge in [0.15, 0.2) is 0 Å². The van der Waals surface area contributed by atoms with Gasteiger partial charge < -0.3 is 4.90 Å². The van der Waals surface area contributed by atoms with Crippen molar-refractivity contribution in [3.8, 4) is 0 Å². The first-order valence-electron chi connectivity index (χ1n) is 4.87. The van der Waals surface area contributed by atoms with Gasteiger partial charge in [0.05, 0.1) is 10.6 Å². The van der Waals surface area contributed by atoms with Crippen molar-refractivity contribution in [3.63, 3.8) is 0 Å². The van der Waals surface area contributed by atoms with Gasteiger partial charge in [-0.25, -0.2) is 0 Å². The second-order valence-corrected chi connectivity index (χ2v) is 4.99. The van der Waals surface area contributed by atoms with Crippen LogP contribution in [-0.4, -0.2) is 22.2 Å². The molecule has 0 radical (unpaired) electrons. The van der Waals surface area contributed by atoms with Gasteiger partial charge in [-0.2, -0.15) is 4.39 Å². The van der Waals surface area contributed by atoms with E-state index in [2.05, 4.69) is 15.9 Å². The molecule has 1 aromatic carbocycles. The molecule has 2 rings (SSSR count). The summed E-state index contributed by atoms with van der Waals surface area (Å²) in [5.41, 5.74) is -0.265. The van der Waals surface area contributed by atoms with E-state index in [4.69, 9.17) is 0 Å². The molecule has 1 atom stereocenters. The van der Waals surface area contributed by atoms with Gasteiger partial charge in [0.1, 0.15) is 0 Å². The minimum absolute atomic E-state index is 0.0270. The zero-order valence-electron chi connectivity index (χ0n) is 8.60. The highest BCUT2D eigenvalue weighted by atomic mass is 79.9. The second kappa shape index (κ2) is 4.40. The van der Waals surface area contributed by atoms with E-state index in [1.165, 1.54) is 11.0 Å². The Hall–Kier alpha value is -1.50. The van der Waals surface area contributed by atoms with Crippen molar-refractivity contribution < 1.29 is 14.1 Å². The fourth-order valence-electron chi connectivity index (χ4n) is 1.72. The number of carbonyl (C=O) groups is 1. The summed E-state index contributed by atoms with van der Waals surface area (Å²) in [6.07, 6.45) is 0.338. The molecule has 1 aliphatic heterocycles. The van der Waals surface area contributed by atoms with Gasteiger partial charge in [0, 0.05) is 23.9 Å². The molecule has 0 spiro atoms. The standard InChI is InChI=1S/C10H8BrFN2O3/c11-6-3-10(15)13(5-6)7-1-2-8(12)9(4-7)14(16)17/h1-2,4,6H,3,5H2. The summed E-state index contributed by atoms with van der Waals surface area (Å²) in [7, 11) is 0. The molecule has 0 N–H and O–H groups in total. The molecule has 1 saturated heterocycles. The highest BCUT2D eigenvalue weighted by molar-refractivity contribution is 9.09. The number of nitro benzene ring substituents is 1. The molecular formula is C10H8BrFN2O3. The van der Waals surface area contributed by atoms with E-state index in [0.29, 0.717) is 18.7 Å². The lowest BCUT2D eigenvalue weighted by Gasteiger charge is -2.15. The van der Waals surface area contributed by atoms with Crippen LogP contribution < -0.4 is 4.90 Å².